The molecule has 0 spiro atoms. The summed E-state index contributed by atoms with van der Waals surface area (Å²) in [5.74, 6) is -1.61. The standard InChI is InChI=1S/C23H32F2O3.2C2H6/c1-5-6-7-18-10-13-21(28-15-18)20-11-8-19(9-12-20)14-27-17(3)23(25)22(24)16(2)26-4;2*1-2/h8-9,11-12,18,21H,5-7,10,13-15H2,1-4H3;2*1-2H3/b22-16-,23-17-;;. The van der Waals surface area contributed by atoms with E-state index in [0.717, 1.165) is 24.2 Å². The van der Waals surface area contributed by atoms with Crippen LogP contribution in [0.3, 0.4) is 0 Å². The lowest BCUT2D eigenvalue weighted by Gasteiger charge is -2.29. The Balaban J connectivity index is 0.00000227. The number of hydrogen-bond donors (Lipinski definition) is 0. The first kappa shape index (κ1) is 30.1. The molecule has 1 saturated heterocycles. The molecule has 1 fully saturated rings. The highest BCUT2D eigenvalue weighted by Crippen LogP contribution is 2.32. The summed E-state index contributed by atoms with van der Waals surface area (Å²) in [6, 6.07) is 7.95. The van der Waals surface area contributed by atoms with Gasteiger partial charge in [0.1, 0.15) is 18.1 Å². The van der Waals surface area contributed by atoms with Gasteiger partial charge in [-0.2, -0.15) is 8.78 Å². The number of rotatable bonds is 9. The minimum atomic E-state index is -1.04. The van der Waals surface area contributed by atoms with E-state index in [0.29, 0.717) is 5.92 Å². The van der Waals surface area contributed by atoms with Crippen LogP contribution in [0, 0.1) is 5.92 Å². The minimum absolute atomic E-state index is 0.105. The Hall–Kier alpha value is -1.88. The van der Waals surface area contributed by atoms with Gasteiger partial charge >= 0.3 is 0 Å². The number of unbranched alkanes of at least 4 members (excludes halogenated alkanes) is 1. The Kier molecular flexibility index (Phi) is 16.6. The fraction of sp³-hybridized carbons (Fsp3) is 0.630. The lowest BCUT2D eigenvalue weighted by atomic mass is 9.91. The first-order chi connectivity index (χ1) is 15.5. The molecule has 2 unspecified atom stereocenters. The van der Waals surface area contributed by atoms with Gasteiger partial charge in [0.2, 0.25) is 0 Å². The molecule has 1 heterocycles. The molecular weight excluding hydrogens is 410 g/mol. The third-order valence-corrected chi connectivity index (χ3v) is 5.26. The zero-order valence-electron chi connectivity index (χ0n) is 21.4. The second kappa shape index (κ2) is 17.6. The van der Waals surface area contributed by atoms with Crippen LogP contribution in [-0.2, 0) is 20.8 Å². The molecular formula is C27H44F2O3. The van der Waals surface area contributed by atoms with Crippen molar-refractivity contribution in [2.75, 3.05) is 13.7 Å². The molecule has 1 aliphatic heterocycles. The largest absolute Gasteiger partial charge is 0.498 e. The lowest BCUT2D eigenvalue weighted by Crippen LogP contribution is -2.20. The summed E-state index contributed by atoms with van der Waals surface area (Å²) >= 11 is 0. The van der Waals surface area contributed by atoms with Crippen molar-refractivity contribution < 1.29 is 23.0 Å². The molecule has 0 aromatic heterocycles. The Morgan fingerprint density at radius 2 is 1.56 bits per heavy atom. The van der Waals surface area contributed by atoms with Crippen molar-refractivity contribution in [3.05, 3.63) is 58.6 Å². The van der Waals surface area contributed by atoms with Crippen LogP contribution in [0.25, 0.3) is 0 Å². The van der Waals surface area contributed by atoms with Gasteiger partial charge in [-0.15, -0.1) is 0 Å². The fourth-order valence-electron chi connectivity index (χ4n) is 3.27. The van der Waals surface area contributed by atoms with Crippen molar-refractivity contribution in [3.63, 3.8) is 0 Å². The molecule has 2 rings (SSSR count). The predicted molar refractivity (Wildman–Crippen MR) is 129 cm³/mol. The average Bonchev–Trinajstić information content (AvgIpc) is 2.87. The van der Waals surface area contributed by atoms with Crippen LogP contribution in [0.2, 0.25) is 0 Å². The van der Waals surface area contributed by atoms with Crippen LogP contribution in [0.15, 0.2) is 47.4 Å². The Labute approximate surface area is 194 Å². The molecule has 0 aliphatic carbocycles. The summed E-state index contributed by atoms with van der Waals surface area (Å²) < 4.78 is 43.9. The topological polar surface area (TPSA) is 27.7 Å². The molecule has 1 aromatic rings. The van der Waals surface area contributed by atoms with Crippen molar-refractivity contribution in [3.8, 4) is 0 Å². The number of ether oxygens (including phenoxy) is 3. The van der Waals surface area contributed by atoms with Crippen molar-refractivity contribution >= 4 is 0 Å². The smallest absolute Gasteiger partial charge is 0.199 e. The molecule has 0 saturated carbocycles. The number of hydrogen-bond acceptors (Lipinski definition) is 3. The molecule has 5 heteroatoms. The highest BCUT2D eigenvalue weighted by atomic mass is 19.2. The maximum absolute atomic E-state index is 14.0. The number of methoxy groups -OCH3 is 1. The van der Waals surface area contributed by atoms with Gasteiger partial charge in [0, 0.05) is 0 Å². The molecule has 3 nitrogen and oxygen atoms in total. The molecule has 2 atom stereocenters. The van der Waals surface area contributed by atoms with Crippen LogP contribution in [0.4, 0.5) is 8.78 Å². The first-order valence-electron chi connectivity index (χ1n) is 12.1. The van der Waals surface area contributed by atoms with Crippen molar-refractivity contribution in [2.24, 2.45) is 5.92 Å². The molecule has 1 aromatic carbocycles. The van der Waals surface area contributed by atoms with Gasteiger partial charge in [-0.1, -0.05) is 71.7 Å². The van der Waals surface area contributed by atoms with Gasteiger partial charge < -0.3 is 14.2 Å². The van der Waals surface area contributed by atoms with E-state index in [-0.39, 0.29) is 24.2 Å². The normalized spacial score (nSPS) is 19.3. The Morgan fingerprint density at radius 1 is 0.969 bits per heavy atom. The van der Waals surface area contributed by atoms with E-state index < -0.39 is 11.7 Å². The van der Waals surface area contributed by atoms with Crippen LogP contribution in [0.5, 0.6) is 0 Å². The number of allylic oxidation sites excluding steroid dienone is 4. The molecule has 0 amide bonds. The zero-order chi connectivity index (χ0) is 24.5. The van der Waals surface area contributed by atoms with E-state index in [4.69, 9.17) is 14.2 Å². The summed E-state index contributed by atoms with van der Waals surface area (Å²) in [5, 5.41) is 0. The summed E-state index contributed by atoms with van der Waals surface area (Å²) in [5.41, 5.74) is 2.04. The van der Waals surface area contributed by atoms with E-state index in [1.165, 1.54) is 46.6 Å². The van der Waals surface area contributed by atoms with Crippen LogP contribution in [0.1, 0.15) is 97.8 Å². The maximum Gasteiger partial charge on any atom is 0.199 e. The number of benzene rings is 1. The van der Waals surface area contributed by atoms with Crippen LogP contribution < -0.4 is 0 Å². The zero-order valence-corrected chi connectivity index (χ0v) is 21.4. The average molecular weight is 455 g/mol. The minimum Gasteiger partial charge on any atom is -0.498 e. The SMILES string of the molecule is CC.CC.CCCCC1CCC(c2ccc(CO/C(C)=C(F)/C(F)=C(\C)OC)cc2)OC1. The number of halogens is 2. The van der Waals surface area contributed by atoms with E-state index >= 15 is 0 Å². The van der Waals surface area contributed by atoms with Gasteiger partial charge in [0.05, 0.1) is 19.8 Å². The van der Waals surface area contributed by atoms with E-state index in [2.05, 4.69) is 6.92 Å². The Morgan fingerprint density at radius 3 is 2.06 bits per heavy atom. The van der Waals surface area contributed by atoms with E-state index in [1.807, 2.05) is 52.0 Å². The monoisotopic (exact) mass is 454 g/mol. The van der Waals surface area contributed by atoms with Crippen LogP contribution >= 0.6 is 0 Å². The predicted octanol–water partition coefficient (Wildman–Crippen LogP) is 8.96. The molecule has 32 heavy (non-hydrogen) atoms. The fourth-order valence-corrected chi connectivity index (χ4v) is 3.27. The second-order valence-corrected chi connectivity index (χ2v) is 7.38. The van der Waals surface area contributed by atoms with Gasteiger partial charge in [-0.25, -0.2) is 0 Å². The van der Waals surface area contributed by atoms with E-state index in [1.54, 1.807) is 0 Å². The molecule has 0 N–H and O–H groups in total. The molecule has 1 aliphatic rings. The van der Waals surface area contributed by atoms with Crippen molar-refractivity contribution in [1.82, 2.24) is 0 Å². The van der Waals surface area contributed by atoms with Crippen molar-refractivity contribution in [1.29, 1.82) is 0 Å². The first-order valence-corrected chi connectivity index (χ1v) is 12.1. The molecule has 0 radical (unpaired) electrons. The molecule has 184 valence electrons. The summed E-state index contributed by atoms with van der Waals surface area (Å²) in [6.07, 6.45) is 6.15. The second-order valence-electron chi connectivity index (χ2n) is 7.38. The summed E-state index contributed by atoms with van der Waals surface area (Å²) in [7, 11) is 1.29. The highest BCUT2D eigenvalue weighted by molar-refractivity contribution is 5.26. The van der Waals surface area contributed by atoms with Gasteiger partial charge in [-0.3, -0.25) is 0 Å². The third-order valence-electron chi connectivity index (χ3n) is 5.26. The summed E-state index contributed by atoms with van der Waals surface area (Å²) in [6.45, 7) is 14.0. The van der Waals surface area contributed by atoms with Crippen molar-refractivity contribution in [2.45, 2.75) is 93.3 Å². The van der Waals surface area contributed by atoms with Gasteiger partial charge in [-0.05, 0) is 50.2 Å². The molecule has 0 bridgehead atoms. The van der Waals surface area contributed by atoms with Crippen LogP contribution in [-0.4, -0.2) is 13.7 Å². The van der Waals surface area contributed by atoms with E-state index in [9.17, 15) is 8.78 Å². The van der Waals surface area contributed by atoms with Gasteiger partial charge in [0.25, 0.3) is 0 Å². The lowest BCUT2D eigenvalue weighted by molar-refractivity contribution is -0.0198. The maximum atomic E-state index is 14.0. The summed E-state index contributed by atoms with van der Waals surface area (Å²) in [4.78, 5) is 0. The Bertz CT molecular complexity index is 673. The van der Waals surface area contributed by atoms with Gasteiger partial charge in [0.15, 0.2) is 11.7 Å². The highest BCUT2D eigenvalue weighted by Gasteiger charge is 2.22. The quantitative estimate of drug-likeness (QED) is 0.275. The third kappa shape index (κ3) is 10.2.